The van der Waals surface area contributed by atoms with Crippen molar-refractivity contribution in [2.45, 2.75) is 12.8 Å². The van der Waals surface area contributed by atoms with Crippen molar-refractivity contribution in [2.24, 2.45) is 0 Å². The predicted molar refractivity (Wildman–Crippen MR) is 86.2 cm³/mol. The number of carbonyl (C=O) groups excluding carboxylic acids is 2. The van der Waals surface area contributed by atoms with E-state index in [1.54, 1.807) is 36.4 Å². The third kappa shape index (κ3) is 2.52. The Kier molecular flexibility index (Phi) is 4.04. The van der Waals surface area contributed by atoms with E-state index in [-0.39, 0.29) is 11.1 Å². The summed E-state index contributed by atoms with van der Waals surface area (Å²) < 4.78 is 5.33. The summed E-state index contributed by atoms with van der Waals surface area (Å²) in [4.78, 5) is 37.8. The summed E-state index contributed by atoms with van der Waals surface area (Å²) in [5, 5.41) is 9.44. The summed E-state index contributed by atoms with van der Waals surface area (Å²) in [6.07, 6.45) is 0. The van der Waals surface area contributed by atoms with Crippen LogP contribution < -0.4 is 9.64 Å². The van der Waals surface area contributed by atoms with Crippen molar-refractivity contribution < 1.29 is 24.2 Å². The third-order valence-corrected chi connectivity index (χ3v) is 3.83. The number of carboxylic acids is 1. The Morgan fingerprint density at radius 2 is 1.79 bits per heavy atom. The number of aliphatic carboxylic acids is 1. The van der Waals surface area contributed by atoms with Crippen LogP contribution in [0, 0.1) is 0 Å². The lowest BCUT2D eigenvalue weighted by atomic mass is 9.88. The van der Waals surface area contributed by atoms with E-state index < -0.39 is 23.7 Å². The van der Waals surface area contributed by atoms with Gasteiger partial charge in [0, 0.05) is 5.56 Å². The highest BCUT2D eigenvalue weighted by Gasteiger charge is 2.43. The summed E-state index contributed by atoms with van der Waals surface area (Å²) in [6.45, 7) is 2.34. The van der Waals surface area contributed by atoms with Gasteiger partial charge >= 0.3 is 5.97 Å². The Morgan fingerprint density at radius 3 is 2.42 bits per heavy atom. The van der Waals surface area contributed by atoms with Gasteiger partial charge in [0.25, 0.3) is 11.8 Å². The summed E-state index contributed by atoms with van der Waals surface area (Å²) >= 11 is 0. The Hall–Kier alpha value is -3.15. The number of benzene rings is 2. The number of hydrogen-bond donors (Lipinski definition) is 1. The number of carboxylic acid groups (broad SMARTS) is 1. The molecule has 2 aromatic carbocycles. The van der Waals surface area contributed by atoms with Crippen LogP contribution >= 0.6 is 0 Å². The first kappa shape index (κ1) is 15.7. The van der Waals surface area contributed by atoms with Crippen LogP contribution in [0.1, 0.15) is 28.8 Å². The fraction of sp³-hybridized carbons (Fsp3) is 0.167. The molecule has 0 spiro atoms. The summed E-state index contributed by atoms with van der Waals surface area (Å²) in [5.41, 5.74) is 0.759. The van der Waals surface area contributed by atoms with Crippen LogP contribution in [0.4, 0.5) is 5.69 Å². The van der Waals surface area contributed by atoms with E-state index in [1.165, 1.54) is 12.1 Å². The van der Waals surface area contributed by atoms with Gasteiger partial charge < -0.3 is 9.84 Å². The lowest BCUT2D eigenvalue weighted by molar-refractivity contribution is -0.142. The molecule has 0 radical (unpaired) electrons. The number of fused-ring (bicyclic) bond motifs is 1. The molecule has 6 nitrogen and oxygen atoms in total. The summed E-state index contributed by atoms with van der Waals surface area (Å²) in [6, 6.07) is 12.7. The minimum absolute atomic E-state index is 0.221. The minimum atomic E-state index is -1.40. The van der Waals surface area contributed by atoms with Crippen LogP contribution in [0.3, 0.4) is 0 Å². The maximum Gasteiger partial charge on any atom is 0.320 e. The lowest BCUT2D eigenvalue weighted by Crippen LogP contribution is -2.47. The zero-order valence-corrected chi connectivity index (χ0v) is 12.9. The van der Waals surface area contributed by atoms with Crippen LogP contribution in [-0.2, 0) is 9.59 Å². The Labute approximate surface area is 138 Å². The van der Waals surface area contributed by atoms with Crippen LogP contribution in [0.25, 0.3) is 0 Å². The molecule has 122 valence electrons. The SMILES string of the molecule is CCOc1ccc(N2C(=O)c3ccccc3C(C(=O)O)C2=O)cc1. The van der Waals surface area contributed by atoms with Crippen molar-refractivity contribution in [3.63, 3.8) is 0 Å². The molecule has 1 aliphatic rings. The average Bonchev–Trinajstić information content (AvgIpc) is 2.56. The van der Waals surface area contributed by atoms with E-state index in [0.717, 1.165) is 4.90 Å². The fourth-order valence-corrected chi connectivity index (χ4v) is 2.77. The molecule has 0 bridgehead atoms. The summed E-state index contributed by atoms with van der Waals surface area (Å²) in [5.74, 6) is -3.37. The van der Waals surface area contributed by atoms with Crippen molar-refractivity contribution in [2.75, 3.05) is 11.5 Å². The Bertz CT molecular complexity index is 812. The van der Waals surface area contributed by atoms with Crippen molar-refractivity contribution >= 4 is 23.5 Å². The second-order valence-electron chi connectivity index (χ2n) is 5.26. The highest BCUT2D eigenvalue weighted by molar-refractivity contribution is 6.30. The first-order valence-corrected chi connectivity index (χ1v) is 7.47. The normalized spacial score (nSPS) is 16.7. The molecule has 2 aromatic rings. The third-order valence-electron chi connectivity index (χ3n) is 3.83. The van der Waals surface area contributed by atoms with E-state index in [9.17, 15) is 19.5 Å². The van der Waals surface area contributed by atoms with Crippen LogP contribution in [0.15, 0.2) is 48.5 Å². The van der Waals surface area contributed by atoms with Gasteiger partial charge in [0.05, 0.1) is 12.3 Å². The number of hydrogen-bond acceptors (Lipinski definition) is 4. The Balaban J connectivity index is 2.07. The number of anilines is 1. The summed E-state index contributed by atoms with van der Waals surface area (Å²) in [7, 11) is 0. The van der Waals surface area contributed by atoms with Crippen LogP contribution in [0.5, 0.6) is 5.75 Å². The molecule has 0 saturated heterocycles. The van der Waals surface area contributed by atoms with Crippen LogP contribution in [-0.4, -0.2) is 29.5 Å². The van der Waals surface area contributed by atoms with E-state index in [4.69, 9.17) is 4.74 Å². The second-order valence-corrected chi connectivity index (χ2v) is 5.26. The zero-order chi connectivity index (χ0) is 17.3. The fourth-order valence-electron chi connectivity index (χ4n) is 2.77. The zero-order valence-electron chi connectivity index (χ0n) is 12.9. The maximum absolute atomic E-state index is 12.7. The Morgan fingerprint density at radius 1 is 1.12 bits per heavy atom. The van der Waals surface area contributed by atoms with Gasteiger partial charge in [-0.25, -0.2) is 4.90 Å². The van der Waals surface area contributed by atoms with Crippen molar-refractivity contribution in [1.29, 1.82) is 0 Å². The van der Waals surface area contributed by atoms with Gasteiger partial charge in [0.1, 0.15) is 5.75 Å². The molecule has 0 saturated carbocycles. The van der Waals surface area contributed by atoms with E-state index in [2.05, 4.69) is 0 Å². The van der Waals surface area contributed by atoms with Gasteiger partial charge in [0.2, 0.25) is 0 Å². The first-order chi connectivity index (χ1) is 11.5. The quantitative estimate of drug-likeness (QED) is 0.689. The molecule has 0 aromatic heterocycles. The molecule has 1 atom stereocenters. The lowest BCUT2D eigenvalue weighted by Gasteiger charge is -2.30. The molecular weight excluding hydrogens is 310 g/mol. The monoisotopic (exact) mass is 325 g/mol. The topological polar surface area (TPSA) is 83.9 Å². The molecule has 0 aliphatic carbocycles. The second kappa shape index (κ2) is 6.16. The molecular formula is C18H15NO5. The van der Waals surface area contributed by atoms with Crippen molar-refractivity contribution in [3.8, 4) is 5.75 Å². The van der Waals surface area contributed by atoms with E-state index >= 15 is 0 Å². The molecule has 3 rings (SSSR count). The predicted octanol–water partition coefficient (Wildman–Crippen LogP) is 2.44. The first-order valence-electron chi connectivity index (χ1n) is 7.47. The van der Waals surface area contributed by atoms with E-state index in [1.807, 2.05) is 6.92 Å². The highest BCUT2D eigenvalue weighted by atomic mass is 16.5. The molecule has 1 heterocycles. The minimum Gasteiger partial charge on any atom is -0.494 e. The van der Waals surface area contributed by atoms with Gasteiger partial charge in [-0.2, -0.15) is 0 Å². The molecule has 6 heteroatoms. The van der Waals surface area contributed by atoms with Gasteiger partial charge in [-0.1, -0.05) is 18.2 Å². The number of amides is 2. The number of imide groups is 1. The average molecular weight is 325 g/mol. The van der Waals surface area contributed by atoms with Gasteiger partial charge in [-0.15, -0.1) is 0 Å². The number of rotatable bonds is 4. The van der Waals surface area contributed by atoms with Crippen molar-refractivity contribution in [1.82, 2.24) is 0 Å². The van der Waals surface area contributed by atoms with E-state index in [0.29, 0.717) is 18.0 Å². The smallest absolute Gasteiger partial charge is 0.320 e. The molecule has 1 aliphatic heterocycles. The van der Waals surface area contributed by atoms with Gasteiger partial charge in [-0.3, -0.25) is 14.4 Å². The molecule has 2 amide bonds. The maximum atomic E-state index is 12.7. The van der Waals surface area contributed by atoms with Crippen LogP contribution in [0.2, 0.25) is 0 Å². The molecule has 1 N–H and O–H groups in total. The molecule has 0 fully saturated rings. The highest BCUT2D eigenvalue weighted by Crippen LogP contribution is 2.33. The van der Waals surface area contributed by atoms with Gasteiger partial charge in [-0.05, 0) is 42.8 Å². The number of nitrogens with zero attached hydrogens (tertiary/aromatic N) is 1. The van der Waals surface area contributed by atoms with Gasteiger partial charge in [0.15, 0.2) is 5.92 Å². The standard InChI is InChI=1S/C18H15NO5/c1-2-24-12-9-7-11(8-10-12)19-16(20)14-6-4-3-5-13(14)15(17(19)21)18(22)23/h3-10,15H,2H2,1H3,(H,22,23). The molecule has 24 heavy (non-hydrogen) atoms. The van der Waals surface area contributed by atoms with Crippen molar-refractivity contribution in [3.05, 3.63) is 59.7 Å². The molecule has 1 unspecified atom stereocenters. The number of carbonyl (C=O) groups is 3. The largest absolute Gasteiger partial charge is 0.494 e. The number of ether oxygens (including phenoxy) is 1.